The standard InChI is InChI=1S/C10H17N3O/c1-2-13-7-8(6-12-13)5-11-9-3-10(14)4-9/h6-7,9-11,14H,2-5H2,1H3. The molecule has 4 nitrogen and oxygen atoms in total. The van der Waals surface area contributed by atoms with Crippen molar-refractivity contribution in [1.29, 1.82) is 0 Å². The first kappa shape index (κ1) is 9.68. The van der Waals surface area contributed by atoms with E-state index in [2.05, 4.69) is 23.5 Å². The van der Waals surface area contributed by atoms with Crippen LogP contribution in [0.4, 0.5) is 0 Å². The second kappa shape index (κ2) is 4.11. The van der Waals surface area contributed by atoms with Crippen LogP contribution in [0.15, 0.2) is 12.4 Å². The highest BCUT2D eigenvalue weighted by atomic mass is 16.3. The average molecular weight is 195 g/mol. The number of aryl methyl sites for hydroxylation is 1. The average Bonchev–Trinajstić information content (AvgIpc) is 2.58. The highest BCUT2D eigenvalue weighted by Gasteiger charge is 2.26. The monoisotopic (exact) mass is 195 g/mol. The second-order valence-electron chi connectivity index (χ2n) is 3.91. The maximum atomic E-state index is 9.10. The van der Waals surface area contributed by atoms with Crippen LogP contribution in [0.25, 0.3) is 0 Å². The Morgan fingerprint density at radius 1 is 1.64 bits per heavy atom. The topological polar surface area (TPSA) is 50.1 Å². The van der Waals surface area contributed by atoms with E-state index in [4.69, 9.17) is 5.11 Å². The molecule has 0 aromatic carbocycles. The summed E-state index contributed by atoms with van der Waals surface area (Å²) in [6.07, 6.45) is 5.66. The SMILES string of the molecule is CCn1cc(CNC2CC(O)C2)cn1. The number of nitrogens with zero attached hydrogens (tertiary/aromatic N) is 2. The van der Waals surface area contributed by atoms with Gasteiger partial charge in [0, 0.05) is 30.9 Å². The van der Waals surface area contributed by atoms with Crippen LogP contribution < -0.4 is 5.32 Å². The molecule has 14 heavy (non-hydrogen) atoms. The second-order valence-corrected chi connectivity index (χ2v) is 3.91. The molecule has 0 unspecified atom stereocenters. The van der Waals surface area contributed by atoms with Crippen molar-refractivity contribution in [3.8, 4) is 0 Å². The quantitative estimate of drug-likeness (QED) is 0.736. The zero-order chi connectivity index (χ0) is 9.97. The minimum absolute atomic E-state index is 0.0779. The van der Waals surface area contributed by atoms with Gasteiger partial charge in [-0.05, 0) is 19.8 Å². The van der Waals surface area contributed by atoms with Crippen molar-refractivity contribution in [2.24, 2.45) is 0 Å². The lowest BCUT2D eigenvalue weighted by Gasteiger charge is -2.32. The van der Waals surface area contributed by atoms with Crippen molar-refractivity contribution in [2.45, 2.75) is 45.0 Å². The molecule has 0 bridgehead atoms. The van der Waals surface area contributed by atoms with Gasteiger partial charge in [-0.1, -0.05) is 0 Å². The molecule has 1 saturated carbocycles. The number of nitrogens with one attached hydrogen (secondary N) is 1. The van der Waals surface area contributed by atoms with Gasteiger partial charge in [0.15, 0.2) is 0 Å². The molecule has 1 fully saturated rings. The molecule has 1 heterocycles. The van der Waals surface area contributed by atoms with E-state index in [0.29, 0.717) is 6.04 Å². The van der Waals surface area contributed by atoms with Gasteiger partial charge in [-0.2, -0.15) is 5.10 Å². The molecule has 0 aliphatic heterocycles. The number of aliphatic hydroxyl groups is 1. The van der Waals surface area contributed by atoms with Crippen molar-refractivity contribution in [2.75, 3.05) is 0 Å². The highest BCUT2D eigenvalue weighted by molar-refractivity contribution is 5.04. The fourth-order valence-corrected chi connectivity index (χ4v) is 1.69. The van der Waals surface area contributed by atoms with Crippen molar-refractivity contribution in [3.63, 3.8) is 0 Å². The van der Waals surface area contributed by atoms with Gasteiger partial charge < -0.3 is 10.4 Å². The van der Waals surface area contributed by atoms with Crippen LogP contribution in [-0.2, 0) is 13.1 Å². The third-order valence-electron chi connectivity index (χ3n) is 2.72. The van der Waals surface area contributed by atoms with E-state index >= 15 is 0 Å². The Morgan fingerprint density at radius 2 is 2.43 bits per heavy atom. The molecule has 78 valence electrons. The van der Waals surface area contributed by atoms with Gasteiger partial charge in [-0.15, -0.1) is 0 Å². The minimum Gasteiger partial charge on any atom is -0.393 e. The summed E-state index contributed by atoms with van der Waals surface area (Å²) in [5, 5.41) is 16.7. The summed E-state index contributed by atoms with van der Waals surface area (Å²) >= 11 is 0. The van der Waals surface area contributed by atoms with E-state index in [9.17, 15) is 0 Å². The third kappa shape index (κ3) is 2.13. The summed E-state index contributed by atoms with van der Waals surface area (Å²) in [5.41, 5.74) is 1.22. The van der Waals surface area contributed by atoms with Gasteiger partial charge in [-0.3, -0.25) is 4.68 Å². The van der Waals surface area contributed by atoms with E-state index in [0.717, 1.165) is 25.9 Å². The fourth-order valence-electron chi connectivity index (χ4n) is 1.69. The molecule has 1 aliphatic carbocycles. The first-order valence-electron chi connectivity index (χ1n) is 5.20. The number of rotatable bonds is 4. The lowest BCUT2D eigenvalue weighted by molar-refractivity contribution is 0.0619. The summed E-state index contributed by atoms with van der Waals surface area (Å²) in [4.78, 5) is 0. The Hall–Kier alpha value is -0.870. The highest BCUT2D eigenvalue weighted by Crippen LogP contribution is 2.19. The van der Waals surface area contributed by atoms with Gasteiger partial charge in [0.2, 0.25) is 0 Å². The van der Waals surface area contributed by atoms with Gasteiger partial charge >= 0.3 is 0 Å². The van der Waals surface area contributed by atoms with E-state index in [1.54, 1.807) is 0 Å². The van der Waals surface area contributed by atoms with E-state index in [1.807, 2.05) is 10.9 Å². The zero-order valence-corrected chi connectivity index (χ0v) is 8.48. The van der Waals surface area contributed by atoms with E-state index < -0.39 is 0 Å². The predicted octanol–water partition coefficient (Wildman–Crippen LogP) is 0.516. The lowest BCUT2D eigenvalue weighted by Crippen LogP contribution is -2.43. The van der Waals surface area contributed by atoms with Crippen molar-refractivity contribution in [1.82, 2.24) is 15.1 Å². The van der Waals surface area contributed by atoms with Gasteiger partial charge in [0.05, 0.1) is 12.3 Å². The molecule has 1 aromatic rings. The molecule has 0 spiro atoms. The summed E-state index contributed by atoms with van der Waals surface area (Å²) in [6.45, 7) is 3.85. The Morgan fingerprint density at radius 3 is 3.00 bits per heavy atom. The summed E-state index contributed by atoms with van der Waals surface area (Å²) in [6, 6.07) is 0.495. The summed E-state index contributed by atoms with van der Waals surface area (Å²) in [5.74, 6) is 0. The van der Waals surface area contributed by atoms with E-state index in [-0.39, 0.29) is 6.10 Å². The van der Waals surface area contributed by atoms with Crippen LogP contribution >= 0.6 is 0 Å². The summed E-state index contributed by atoms with van der Waals surface area (Å²) < 4.78 is 1.92. The molecule has 2 rings (SSSR count). The Balaban J connectivity index is 1.75. The van der Waals surface area contributed by atoms with Crippen LogP contribution in [0.1, 0.15) is 25.3 Å². The molecule has 0 radical (unpaired) electrons. The fraction of sp³-hybridized carbons (Fsp3) is 0.700. The van der Waals surface area contributed by atoms with Crippen LogP contribution in [0.2, 0.25) is 0 Å². The first-order chi connectivity index (χ1) is 6.78. The normalized spacial score (nSPS) is 26.1. The molecule has 1 aromatic heterocycles. The summed E-state index contributed by atoms with van der Waals surface area (Å²) in [7, 11) is 0. The molecule has 2 N–H and O–H groups in total. The Labute approximate surface area is 83.9 Å². The first-order valence-corrected chi connectivity index (χ1v) is 5.20. The number of hydrogen-bond donors (Lipinski definition) is 2. The van der Waals surface area contributed by atoms with E-state index in [1.165, 1.54) is 5.56 Å². The number of aromatic nitrogens is 2. The van der Waals surface area contributed by atoms with Gasteiger partial charge in [-0.25, -0.2) is 0 Å². The van der Waals surface area contributed by atoms with Gasteiger partial charge in [0.25, 0.3) is 0 Å². The van der Waals surface area contributed by atoms with Crippen LogP contribution in [0.5, 0.6) is 0 Å². The van der Waals surface area contributed by atoms with Crippen molar-refractivity contribution in [3.05, 3.63) is 18.0 Å². The molecule has 4 heteroatoms. The maximum absolute atomic E-state index is 9.10. The van der Waals surface area contributed by atoms with Crippen molar-refractivity contribution < 1.29 is 5.11 Å². The van der Waals surface area contributed by atoms with Crippen LogP contribution in [-0.4, -0.2) is 27.0 Å². The lowest BCUT2D eigenvalue weighted by atomic mass is 9.89. The predicted molar refractivity (Wildman–Crippen MR) is 53.8 cm³/mol. The van der Waals surface area contributed by atoms with Crippen molar-refractivity contribution >= 4 is 0 Å². The molecule has 1 aliphatic rings. The Bertz CT molecular complexity index is 291. The number of hydrogen-bond acceptors (Lipinski definition) is 3. The van der Waals surface area contributed by atoms with Crippen LogP contribution in [0.3, 0.4) is 0 Å². The molecular formula is C10H17N3O. The zero-order valence-electron chi connectivity index (χ0n) is 8.48. The van der Waals surface area contributed by atoms with Crippen LogP contribution in [0, 0.1) is 0 Å². The maximum Gasteiger partial charge on any atom is 0.0570 e. The molecule has 0 amide bonds. The minimum atomic E-state index is -0.0779. The molecule has 0 saturated heterocycles. The Kier molecular flexibility index (Phi) is 2.84. The third-order valence-corrected chi connectivity index (χ3v) is 2.72. The molecule has 0 atom stereocenters. The molecular weight excluding hydrogens is 178 g/mol. The largest absolute Gasteiger partial charge is 0.393 e. The number of aliphatic hydroxyl groups excluding tert-OH is 1. The van der Waals surface area contributed by atoms with Gasteiger partial charge in [0.1, 0.15) is 0 Å². The smallest absolute Gasteiger partial charge is 0.0570 e.